The molecule has 1 aliphatic rings. The molecule has 1 rings (SSSR count). The van der Waals surface area contributed by atoms with Gasteiger partial charge < -0.3 is 10.2 Å². The van der Waals surface area contributed by atoms with Gasteiger partial charge in [0.25, 0.3) is 0 Å². The largest absolute Gasteiger partial charge is 0.354 e. The molecular formula is C13H25BrN2O. The normalized spacial score (nSPS) is 18.6. The number of nitrogens with zero attached hydrogens (tertiary/aromatic N) is 1. The highest BCUT2D eigenvalue weighted by molar-refractivity contribution is 9.09. The first-order chi connectivity index (χ1) is 8.10. The second-order valence-corrected chi connectivity index (χ2v) is 6.04. The van der Waals surface area contributed by atoms with E-state index in [4.69, 9.17) is 0 Å². The van der Waals surface area contributed by atoms with Gasteiger partial charge in [0, 0.05) is 23.8 Å². The third kappa shape index (κ3) is 4.59. The second-order valence-electron chi connectivity index (χ2n) is 5.25. The van der Waals surface area contributed by atoms with Gasteiger partial charge in [0.15, 0.2) is 0 Å². The molecule has 0 saturated heterocycles. The molecule has 0 aromatic carbocycles. The summed E-state index contributed by atoms with van der Waals surface area (Å²) in [5.74, 6) is 0.207. The Labute approximate surface area is 113 Å². The lowest BCUT2D eigenvalue weighted by molar-refractivity contribution is -0.121. The molecule has 0 bridgehead atoms. The summed E-state index contributed by atoms with van der Waals surface area (Å²) in [7, 11) is 4.25. The lowest BCUT2D eigenvalue weighted by Gasteiger charge is -2.36. The molecule has 1 fully saturated rings. The number of carbonyl (C=O) groups is 1. The molecule has 1 aliphatic carbocycles. The minimum absolute atomic E-state index is 0.207. The molecule has 1 amide bonds. The van der Waals surface area contributed by atoms with Crippen molar-refractivity contribution < 1.29 is 4.79 Å². The summed E-state index contributed by atoms with van der Waals surface area (Å²) >= 11 is 3.38. The van der Waals surface area contributed by atoms with Crippen LogP contribution in [0.5, 0.6) is 0 Å². The van der Waals surface area contributed by atoms with Crippen LogP contribution in [0.4, 0.5) is 0 Å². The summed E-state index contributed by atoms with van der Waals surface area (Å²) in [6.45, 7) is 0.813. The molecule has 0 aromatic heterocycles. The monoisotopic (exact) mass is 304 g/mol. The van der Waals surface area contributed by atoms with Crippen LogP contribution in [-0.4, -0.2) is 42.3 Å². The summed E-state index contributed by atoms with van der Waals surface area (Å²) in [5.41, 5.74) is 0.213. The molecule has 0 atom stereocenters. The van der Waals surface area contributed by atoms with Crippen molar-refractivity contribution in [2.75, 3.05) is 26.0 Å². The molecule has 0 radical (unpaired) electrons. The lowest BCUT2D eigenvalue weighted by Crippen LogP contribution is -2.50. The Morgan fingerprint density at radius 3 is 2.47 bits per heavy atom. The first kappa shape index (κ1) is 15.0. The van der Waals surface area contributed by atoms with Gasteiger partial charge in [-0.1, -0.05) is 28.8 Å². The number of hydrogen-bond donors (Lipinski definition) is 1. The van der Waals surface area contributed by atoms with Crippen molar-refractivity contribution in [2.24, 2.45) is 0 Å². The third-order valence-corrected chi connectivity index (χ3v) is 4.45. The van der Waals surface area contributed by atoms with Crippen molar-refractivity contribution in [3.8, 4) is 0 Å². The van der Waals surface area contributed by atoms with Gasteiger partial charge in [-0.3, -0.25) is 4.79 Å². The molecule has 0 unspecified atom stereocenters. The maximum Gasteiger partial charge on any atom is 0.220 e. The van der Waals surface area contributed by atoms with Gasteiger partial charge in [-0.15, -0.1) is 0 Å². The van der Waals surface area contributed by atoms with Crippen molar-refractivity contribution in [3.63, 3.8) is 0 Å². The van der Waals surface area contributed by atoms with Gasteiger partial charge in [0.1, 0.15) is 0 Å². The maximum atomic E-state index is 11.7. The number of nitrogens with one attached hydrogen (secondary N) is 1. The second kappa shape index (κ2) is 7.37. The van der Waals surface area contributed by atoms with Crippen LogP contribution >= 0.6 is 15.9 Å². The molecule has 0 spiro atoms. The standard InChI is InChI=1S/C13H25BrN2O/c1-16(2)13(8-4-5-9-13)11-15-12(17)7-3-6-10-14/h3-11H2,1-2H3,(H,15,17). The summed E-state index contributed by atoms with van der Waals surface area (Å²) in [6, 6.07) is 0. The zero-order valence-electron chi connectivity index (χ0n) is 11.1. The average Bonchev–Trinajstić information content (AvgIpc) is 2.77. The van der Waals surface area contributed by atoms with E-state index in [0.29, 0.717) is 6.42 Å². The van der Waals surface area contributed by atoms with Gasteiger partial charge in [0.05, 0.1) is 0 Å². The molecule has 1 N–H and O–H groups in total. The summed E-state index contributed by atoms with van der Waals surface area (Å²) in [6.07, 6.45) is 7.71. The first-order valence-electron chi connectivity index (χ1n) is 6.61. The van der Waals surface area contributed by atoms with Crippen LogP contribution in [0.3, 0.4) is 0 Å². The first-order valence-corrected chi connectivity index (χ1v) is 7.73. The number of rotatable bonds is 7. The number of carbonyl (C=O) groups excluding carboxylic acids is 1. The van der Waals surface area contributed by atoms with Gasteiger partial charge in [-0.2, -0.15) is 0 Å². The average molecular weight is 305 g/mol. The van der Waals surface area contributed by atoms with Crippen molar-refractivity contribution in [2.45, 2.75) is 50.5 Å². The fourth-order valence-electron chi connectivity index (χ4n) is 2.55. The van der Waals surface area contributed by atoms with Gasteiger partial charge in [-0.05, 0) is 39.8 Å². The number of amides is 1. The van der Waals surface area contributed by atoms with Crippen molar-refractivity contribution >= 4 is 21.8 Å². The number of alkyl halides is 1. The predicted molar refractivity (Wildman–Crippen MR) is 75.5 cm³/mol. The van der Waals surface area contributed by atoms with Crippen molar-refractivity contribution in [1.82, 2.24) is 10.2 Å². The third-order valence-electron chi connectivity index (χ3n) is 3.89. The molecule has 3 nitrogen and oxygen atoms in total. The van der Waals surface area contributed by atoms with Crippen LogP contribution in [0.15, 0.2) is 0 Å². The zero-order valence-corrected chi connectivity index (χ0v) is 12.7. The summed E-state index contributed by atoms with van der Waals surface area (Å²) < 4.78 is 0. The van der Waals surface area contributed by atoms with E-state index in [1.165, 1.54) is 25.7 Å². The van der Waals surface area contributed by atoms with Crippen LogP contribution in [0.2, 0.25) is 0 Å². The minimum Gasteiger partial charge on any atom is -0.354 e. The molecule has 0 aromatic rings. The molecule has 0 heterocycles. The van der Waals surface area contributed by atoms with E-state index in [9.17, 15) is 4.79 Å². The highest BCUT2D eigenvalue weighted by Gasteiger charge is 2.35. The molecule has 17 heavy (non-hydrogen) atoms. The van der Waals surface area contributed by atoms with Gasteiger partial charge >= 0.3 is 0 Å². The van der Waals surface area contributed by atoms with E-state index in [0.717, 1.165) is 24.7 Å². The van der Waals surface area contributed by atoms with Crippen molar-refractivity contribution in [3.05, 3.63) is 0 Å². The Morgan fingerprint density at radius 2 is 1.94 bits per heavy atom. The number of unbranched alkanes of at least 4 members (excludes halogenated alkanes) is 1. The van der Waals surface area contributed by atoms with E-state index < -0.39 is 0 Å². The summed E-state index contributed by atoms with van der Waals surface area (Å²) in [5, 5.41) is 4.10. The zero-order chi connectivity index (χ0) is 12.7. The minimum atomic E-state index is 0.207. The Bertz CT molecular complexity index is 238. The molecule has 4 heteroatoms. The van der Waals surface area contributed by atoms with Crippen molar-refractivity contribution in [1.29, 1.82) is 0 Å². The fraction of sp³-hybridized carbons (Fsp3) is 0.923. The molecule has 0 aliphatic heterocycles. The van der Waals surface area contributed by atoms with Crippen LogP contribution < -0.4 is 5.32 Å². The van der Waals surface area contributed by atoms with E-state index in [1.807, 2.05) is 0 Å². The topological polar surface area (TPSA) is 32.3 Å². The SMILES string of the molecule is CN(C)C1(CNC(=O)CCCCBr)CCCC1. The van der Waals surface area contributed by atoms with Crippen LogP contribution in [0.1, 0.15) is 44.9 Å². The van der Waals surface area contributed by atoms with Crippen LogP contribution in [0.25, 0.3) is 0 Å². The van der Waals surface area contributed by atoms with E-state index in [1.54, 1.807) is 0 Å². The Morgan fingerprint density at radius 1 is 1.29 bits per heavy atom. The predicted octanol–water partition coefficient (Wildman–Crippen LogP) is 2.54. The van der Waals surface area contributed by atoms with Gasteiger partial charge in [0.2, 0.25) is 5.91 Å². The van der Waals surface area contributed by atoms with E-state index >= 15 is 0 Å². The number of halogens is 1. The highest BCUT2D eigenvalue weighted by Crippen LogP contribution is 2.33. The quantitative estimate of drug-likeness (QED) is 0.579. The number of hydrogen-bond acceptors (Lipinski definition) is 2. The van der Waals surface area contributed by atoms with E-state index in [-0.39, 0.29) is 11.4 Å². The maximum absolute atomic E-state index is 11.7. The smallest absolute Gasteiger partial charge is 0.220 e. The summed E-state index contributed by atoms with van der Waals surface area (Å²) in [4.78, 5) is 14.0. The van der Waals surface area contributed by atoms with Crippen LogP contribution in [0, 0.1) is 0 Å². The Balaban J connectivity index is 2.30. The van der Waals surface area contributed by atoms with Gasteiger partial charge in [-0.25, -0.2) is 0 Å². The number of likely N-dealkylation sites (N-methyl/N-ethyl adjacent to an activating group) is 1. The molecule has 1 saturated carbocycles. The Kier molecular flexibility index (Phi) is 6.49. The van der Waals surface area contributed by atoms with Crippen LogP contribution in [-0.2, 0) is 4.79 Å². The van der Waals surface area contributed by atoms with E-state index in [2.05, 4.69) is 40.2 Å². The lowest BCUT2D eigenvalue weighted by atomic mass is 9.96. The molecular weight excluding hydrogens is 280 g/mol. The molecule has 100 valence electrons. The fourth-order valence-corrected chi connectivity index (χ4v) is 2.94. The highest BCUT2D eigenvalue weighted by atomic mass is 79.9. The Hall–Kier alpha value is -0.0900.